The smallest absolute Gasteiger partial charge is 0.106 e. The van der Waals surface area contributed by atoms with Crippen molar-refractivity contribution in [1.82, 2.24) is 9.78 Å². The first-order valence-electron chi connectivity index (χ1n) is 6.93. The molecule has 1 saturated carbocycles. The van der Waals surface area contributed by atoms with Crippen molar-refractivity contribution in [2.45, 2.75) is 51.2 Å². The second-order valence-electron chi connectivity index (χ2n) is 5.32. The van der Waals surface area contributed by atoms with E-state index in [4.69, 9.17) is 4.74 Å². The molecule has 0 atom stereocenters. The summed E-state index contributed by atoms with van der Waals surface area (Å²) in [5.41, 5.74) is 0.268. The molecule has 4 nitrogen and oxygen atoms in total. The van der Waals surface area contributed by atoms with Gasteiger partial charge in [-0.15, -0.1) is 0 Å². The summed E-state index contributed by atoms with van der Waals surface area (Å²) < 4.78 is 6.97. The first kappa shape index (κ1) is 13.6. The monoisotopic (exact) mass is 252 g/mol. The van der Waals surface area contributed by atoms with Crippen LogP contribution in [0.4, 0.5) is 0 Å². The fourth-order valence-corrected chi connectivity index (χ4v) is 2.90. The fourth-order valence-electron chi connectivity index (χ4n) is 2.90. The van der Waals surface area contributed by atoms with Crippen LogP contribution in [0.25, 0.3) is 0 Å². The predicted octanol–water partition coefficient (Wildman–Crippen LogP) is 2.32. The highest BCUT2D eigenvalue weighted by Crippen LogP contribution is 2.40. The Morgan fingerprint density at radius 3 is 2.83 bits per heavy atom. The van der Waals surface area contributed by atoms with Crippen molar-refractivity contribution in [2.24, 2.45) is 5.92 Å². The van der Waals surface area contributed by atoms with Crippen LogP contribution < -0.4 is 0 Å². The summed E-state index contributed by atoms with van der Waals surface area (Å²) in [6.45, 7) is 3.57. The van der Waals surface area contributed by atoms with Crippen LogP contribution in [0.1, 0.15) is 44.7 Å². The summed E-state index contributed by atoms with van der Waals surface area (Å²) in [7, 11) is 1.68. The van der Waals surface area contributed by atoms with Crippen LogP contribution in [-0.2, 0) is 16.9 Å². The van der Waals surface area contributed by atoms with Crippen molar-refractivity contribution in [2.75, 3.05) is 13.7 Å². The van der Waals surface area contributed by atoms with Crippen molar-refractivity contribution in [3.8, 4) is 0 Å². The standard InChI is InChI=1S/C14H24N2O2/c1-3-12-4-7-14(17,8-5-12)13-6-9-15-16(13)10-11-18-2/h6,9,12,17H,3-5,7-8,10-11H2,1-2H3. The van der Waals surface area contributed by atoms with Gasteiger partial charge < -0.3 is 9.84 Å². The highest BCUT2D eigenvalue weighted by Gasteiger charge is 2.36. The number of rotatable bonds is 5. The predicted molar refractivity (Wildman–Crippen MR) is 70.2 cm³/mol. The lowest BCUT2D eigenvalue weighted by atomic mass is 9.76. The molecule has 102 valence electrons. The van der Waals surface area contributed by atoms with E-state index in [1.165, 1.54) is 6.42 Å². The van der Waals surface area contributed by atoms with E-state index in [1.54, 1.807) is 13.3 Å². The molecule has 18 heavy (non-hydrogen) atoms. The largest absolute Gasteiger partial charge is 0.384 e. The molecule has 0 aromatic carbocycles. The average molecular weight is 252 g/mol. The molecule has 4 heteroatoms. The molecule has 0 amide bonds. The third-order valence-electron chi connectivity index (χ3n) is 4.21. The van der Waals surface area contributed by atoms with Gasteiger partial charge in [0.05, 0.1) is 18.8 Å². The highest BCUT2D eigenvalue weighted by molar-refractivity contribution is 5.13. The Bertz CT molecular complexity index is 368. The molecule has 0 spiro atoms. The molecular weight excluding hydrogens is 228 g/mol. The third kappa shape index (κ3) is 2.75. The van der Waals surface area contributed by atoms with Crippen molar-refractivity contribution in [3.63, 3.8) is 0 Å². The minimum Gasteiger partial charge on any atom is -0.384 e. The SMILES string of the molecule is CCC1CCC(O)(c2ccnn2CCOC)CC1. The summed E-state index contributed by atoms with van der Waals surface area (Å²) in [5.74, 6) is 0.778. The number of hydrogen-bond acceptors (Lipinski definition) is 3. The molecule has 1 aromatic heterocycles. The Morgan fingerprint density at radius 2 is 2.22 bits per heavy atom. The van der Waals surface area contributed by atoms with Crippen molar-refractivity contribution >= 4 is 0 Å². The van der Waals surface area contributed by atoms with Gasteiger partial charge in [0, 0.05) is 13.3 Å². The summed E-state index contributed by atoms with van der Waals surface area (Å²) >= 11 is 0. The summed E-state index contributed by atoms with van der Waals surface area (Å²) in [4.78, 5) is 0. The maximum atomic E-state index is 10.8. The summed E-state index contributed by atoms with van der Waals surface area (Å²) in [6, 6.07) is 1.95. The fraction of sp³-hybridized carbons (Fsp3) is 0.786. The van der Waals surface area contributed by atoms with E-state index in [9.17, 15) is 5.11 Å². The topological polar surface area (TPSA) is 47.3 Å². The van der Waals surface area contributed by atoms with E-state index < -0.39 is 5.60 Å². The highest BCUT2D eigenvalue weighted by atomic mass is 16.5. The van der Waals surface area contributed by atoms with Gasteiger partial charge in [0.25, 0.3) is 0 Å². The number of nitrogens with zero attached hydrogens (tertiary/aromatic N) is 2. The lowest BCUT2D eigenvalue weighted by molar-refractivity contribution is -0.0228. The quantitative estimate of drug-likeness (QED) is 0.875. The van der Waals surface area contributed by atoms with Crippen LogP contribution in [0.5, 0.6) is 0 Å². The van der Waals surface area contributed by atoms with Gasteiger partial charge in [-0.1, -0.05) is 13.3 Å². The normalized spacial score (nSPS) is 28.5. The molecular formula is C14H24N2O2. The van der Waals surface area contributed by atoms with E-state index >= 15 is 0 Å². The van der Waals surface area contributed by atoms with Crippen LogP contribution in [-0.4, -0.2) is 28.6 Å². The molecule has 0 unspecified atom stereocenters. The summed E-state index contributed by atoms with van der Waals surface area (Å²) in [6.07, 6.45) is 6.92. The number of ether oxygens (including phenoxy) is 1. The Balaban J connectivity index is 2.08. The minimum absolute atomic E-state index is 0.627. The third-order valence-corrected chi connectivity index (χ3v) is 4.21. The molecule has 0 saturated heterocycles. The van der Waals surface area contributed by atoms with Crippen LogP contribution in [0.2, 0.25) is 0 Å². The number of aliphatic hydroxyl groups is 1. The average Bonchev–Trinajstić information content (AvgIpc) is 2.86. The molecule has 0 aliphatic heterocycles. The zero-order chi connectivity index (χ0) is 13.0. The number of aromatic nitrogens is 2. The maximum absolute atomic E-state index is 10.8. The summed E-state index contributed by atoms with van der Waals surface area (Å²) in [5, 5.41) is 15.1. The van der Waals surface area contributed by atoms with E-state index in [-0.39, 0.29) is 0 Å². The van der Waals surface area contributed by atoms with Crippen molar-refractivity contribution in [1.29, 1.82) is 0 Å². The molecule has 1 N–H and O–H groups in total. The molecule has 1 aliphatic rings. The first-order valence-corrected chi connectivity index (χ1v) is 6.93. The lowest BCUT2D eigenvalue weighted by Crippen LogP contribution is -2.34. The van der Waals surface area contributed by atoms with E-state index in [1.807, 2.05) is 10.7 Å². The van der Waals surface area contributed by atoms with E-state index in [2.05, 4.69) is 12.0 Å². The van der Waals surface area contributed by atoms with Crippen molar-refractivity contribution in [3.05, 3.63) is 18.0 Å². The molecule has 0 bridgehead atoms. The van der Waals surface area contributed by atoms with Gasteiger partial charge in [0.1, 0.15) is 5.60 Å². The lowest BCUT2D eigenvalue weighted by Gasteiger charge is -2.36. The minimum atomic E-state index is -0.685. The zero-order valence-corrected chi connectivity index (χ0v) is 11.4. The van der Waals surface area contributed by atoms with E-state index in [0.717, 1.165) is 37.3 Å². The molecule has 0 radical (unpaired) electrons. The van der Waals surface area contributed by atoms with Crippen LogP contribution in [0, 0.1) is 5.92 Å². The van der Waals surface area contributed by atoms with Crippen LogP contribution in [0.3, 0.4) is 0 Å². The van der Waals surface area contributed by atoms with Crippen LogP contribution >= 0.6 is 0 Å². The molecule has 1 fully saturated rings. The Morgan fingerprint density at radius 1 is 1.50 bits per heavy atom. The molecule has 1 aromatic rings. The van der Waals surface area contributed by atoms with E-state index in [0.29, 0.717) is 13.2 Å². The van der Waals surface area contributed by atoms with Gasteiger partial charge in [-0.25, -0.2) is 0 Å². The Labute approximate surface area is 109 Å². The van der Waals surface area contributed by atoms with Gasteiger partial charge in [-0.3, -0.25) is 4.68 Å². The second-order valence-corrected chi connectivity index (χ2v) is 5.32. The molecule has 1 aliphatic carbocycles. The van der Waals surface area contributed by atoms with Gasteiger partial charge in [-0.05, 0) is 37.7 Å². The van der Waals surface area contributed by atoms with Gasteiger partial charge >= 0.3 is 0 Å². The number of hydrogen-bond donors (Lipinski definition) is 1. The Kier molecular flexibility index (Phi) is 4.40. The van der Waals surface area contributed by atoms with Gasteiger partial charge in [0.2, 0.25) is 0 Å². The van der Waals surface area contributed by atoms with Crippen LogP contribution in [0.15, 0.2) is 12.3 Å². The zero-order valence-electron chi connectivity index (χ0n) is 11.4. The first-order chi connectivity index (χ1) is 8.69. The van der Waals surface area contributed by atoms with Crippen molar-refractivity contribution < 1.29 is 9.84 Å². The van der Waals surface area contributed by atoms with Gasteiger partial charge in [0.15, 0.2) is 0 Å². The maximum Gasteiger partial charge on any atom is 0.106 e. The molecule has 2 rings (SSSR count). The second kappa shape index (κ2) is 5.85. The Hall–Kier alpha value is -0.870. The number of methoxy groups -OCH3 is 1. The van der Waals surface area contributed by atoms with Gasteiger partial charge in [-0.2, -0.15) is 5.10 Å². The molecule has 1 heterocycles.